The minimum Gasteiger partial charge on any atom is -0.444 e. The molecule has 0 radical (unpaired) electrons. The molecule has 1 atom stereocenters. The lowest BCUT2D eigenvalue weighted by Crippen LogP contribution is -2.45. The summed E-state index contributed by atoms with van der Waals surface area (Å²) in [5.41, 5.74) is 3.08. The van der Waals surface area contributed by atoms with Crippen molar-refractivity contribution >= 4 is 24.0 Å². The molecule has 0 bridgehead atoms. The van der Waals surface area contributed by atoms with E-state index in [1.165, 1.54) is 5.56 Å². The van der Waals surface area contributed by atoms with E-state index >= 15 is 0 Å². The van der Waals surface area contributed by atoms with Crippen molar-refractivity contribution in [3.63, 3.8) is 0 Å². The molecule has 1 saturated heterocycles. The van der Waals surface area contributed by atoms with Crippen molar-refractivity contribution in [3.8, 4) is 11.5 Å². The third-order valence-corrected chi connectivity index (χ3v) is 4.68. The van der Waals surface area contributed by atoms with Crippen LogP contribution in [0, 0.1) is 0 Å². The Balaban J connectivity index is 0.00000196. The van der Waals surface area contributed by atoms with Crippen molar-refractivity contribution in [1.29, 1.82) is 0 Å². The van der Waals surface area contributed by atoms with Gasteiger partial charge in [0.25, 0.3) is 0 Å². The molecule has 1 N–H and O–H groups in total. The van der Waals surface area contributed by atoms with Crippen LogP contribution in [0.5, 0.6) is 0 Å². The third-order valence-electron chi connectivity index (χ3n) is 4.43. The number of benzene rings is 1. The van der Waals surface area contributed by atoms with Crippen molar-refractivity contribution in [2.24, 2.45) is 0 Å². The first-order valence-corrected chi connectivity index (χ1v) is 8.72. The maximum Gasteiger partial charge on any atom is 0.226 e. The monoisotopic (exact) mass is 390 g/mol. The van der Waals surface area contributed by atoms with Gasteiger partial charge in [0.15, 0.2) is 0 Å². The van der Waals surface area contributed by atoms with Crippen LogP contribution in [0.1, 0.15) is 17.3 Å². The molecule has 3 aromatic rings. The minimum absolute atomic E-state index is 0. The first-order valence-electron chi connectivity index (χ1n) is 8.34. The van der Waals surface area contributed by atoms with E-state index < -0.39 is 0 Å². The molecule has 3 heterocycles. The summed E-state index contributed by atoms with van der Waals surface area (Å²) in [5.74, 6) is 0.625. The Morgan fingerprint density at radius 3 is 2.85 bits per heavy atom. The van der Waals surface area contributed by atoms with E-state index in [1.807, 2.05) is 36.5 Å². The van der Waals surface area contributed by atoms with Crippen molar-refractivity contribution in [2.75, 3.05) is 19.6 Å². The summed E-state index contributed by atoms with van der Waals surface area (Å²) in [4.78, 5) is 11.3. The molecule has 5 nitrogen and oxygen atoms in total. The summed E-state index contributed by atoms with van der Waals surface area (Å²) in [6.07, 6.45) is 5.49. The van der Waals surface area contributed by atoms with Crippen molar-refractivity contribution in [3.05, 3.63) is 71.3 Å². The smallest absolute Gasteiger partial charge is 0.226 e. The molecule has 0 aliphatic carbocycles. The van der Waals surface area contributed by atoms with Crippen LogP contribution < -0.4 is 5.32 Å². The number of piperazine rings is 1. The fourth-order valence-electron chi connectivity index (χ4n) is 3.15. The van der Waals surface area contributed by atoms with Gasteiger partial charge in [-0.15, -0.1) is 12.4 Å². The fraction of sp³-hybridized carbons (Fsp3) is 0.263. The van der Waals surface area contributed by atoms with Crippen LogP contribution in [0.4, 0.5) is 0 Å². The topological polar surface area (TPSA) is 54.2 Å². The minimum atomic E-state index is 0. The van der Waals surface area contributed by atoms with Crippen LogP contribution >= 0.6 is 24.0 Å². The molecule has 0 amide bonds. The summed E-state index contributed by atoms with van der Waals surface area (Å²) in [7, 11) is 0. The van der Waals surface area contributed by atoms with Crippen LogP contribution in [0.3, 0.4) is 0 Å². The highest BCUT2D eigenvalue weighted by molar-refractivity contribution is 6.30. The number of nitrogens with one attached hydrogen (secondary N) is 1. The summed E-state index contributed by atoms with van der Waals surface area (Å²) < 4.78 is 5.66. The fourth-order valence-corrected chi connectivity index (χ4v) is 3.28. The molecule has 0 saturated carbocycles. The van der Waals surface area contributed by atoms with Crippen LogP contribution in [-0.4, -0.2) is 34.5 Å². The zero-order valence-corrected chi connectivity index (χ0v) is 15.7. The number of hydrogen-bond acceptors (Lipinski definition) is 5. The van der Waals surface area contributed by atoms with Gasteiger partial charge in [0.2, 0.25) is 5.89 Å². The normalized spacial score (nSPS) is 17.7. The molecule has 1 fully saturated rings. The van der Waals surface area contributed by atoms with Gasteiger partial charge in [-0.3, -0.25) is 9.88 Å². The maximum absolute atomic E-state index is 5.94. The number of aromatic nitrogens is 2. The number of oxazole rings is 1. The molecule has 136 valence electrons. The number of pyridine rings is 1. The molecule has 1 aromatic carbocycles. The number of nitrogens with zero attached hydrogens (tertiary/aromatic N) is 3. The van der Waals surface area contributed by atoms with Crippen molar-refractivity contribution in [2.45, 2.75) is 12.6 Å². The second-order valence-corrected chi connectivity index (χ2v) is 6.56. The highest BCUT2D eigenvalue weighted by atomic mass is 35.5. The lowest BCUT2D eigenvalue weighted by Gasteiger charge is -2.35. The van der Waals surface area contributed by atoms with E-state index in [-0.39, 0.29) is 18.4 Å². The van der Waals surface area contributed by atoms with E-state index in [4.69, 9.17) is 16.0 Å². The Hall–Kier alpha value is -1.92. The van der Waals surface area contributed by atoms with Gasteiger partial charge in [-0.25, -0.2) is 4.98 Å². The van der Waals surface area contributed by atoms with Gasteiger partial charge in [-0.05, 0) is 35.9 Å². The zero-order chi connectivity index (χ0) is 17.1. The van der Waals surface area contributed by atoms with Gasteiger partial charge in [-0.1, -0.05) is 17.7 Å². The Morgan fingerprint density at radius 2 is 2.08 bits per heavy atom. The van der Waals surface area contributed by atoms with Gasteiger partial charge < -0.3 is 9.73 Å². The SMILES string of the molecule is Cl.Clc1ccc(-c2nc(CN3CCNCC3c3cccnc3)co2)cc1. The Morgan fingerprint density at radius 1 is 1.23 bits per heavy atom. The van der Waals surface area contributed by atoms with Crippen LogP contribution in [0.15, 0.2) is 59.5 Å². The summed E-state index contributed by atoms with van der Waals surface area (Å²) in [5, 5.41) is 4.16. The van der Waals surface area contributed by atoms with Crippen molar-refractivity contribution < 1.29 is 4.42 Å². The average molecular weight is 391 g/mol. The summed E-state index contributed by atoms with van der Waals surface area (Å²) in [6, 6.07) is 11.9. The summed E-state index contributed by atoms with van der Waals surface area (Å²) in [6.45, 7) is 3.59. The van der Waals surface area contributed by atoms with Crippen LogP contribution in [-0.2, 0) is 6.54 Å². The number of hydrogen-bond donors (Lipinski definition) is 1. The molecule has 1 unspecified atom stereocenters. The van der Waals surface area contributed by atoms with E-state index in [2.05, 4.69) is 26.3 Å². The predicted octanol–water partition coefficient (Wildman–Crippen LogP) is 3.96. The molecule has 7 heteroatoms. The number of rotatable bonds is 4. The lowest BCUT2D eigenvalue weighted by molar-refractivity contribution is 0.151. The Kier molecular flexibility index (Phi) is 6.27. The molecular formula is C19H20Cl2N4O. The molecule has 1 aliphatic heterocycles. The standard InChI is InChI=1S/C19H19ClN4O.ClH/c20-16-5-3-14(4-6-16)19-23-17(13-25-19)12-24-9-8-22-11-18(24)15-2-1-7-21-10-15;/h1-7,10,13,18,22H,8-9,11-12H2;1H. The largest absolute Gasteiger partial charge is 0.444 e. The highest BCUT2D eigenvalue weighted by Crippen LogP contribution is 2.25. The first-order chi connectivity index (χ1) is 12.3. The molecule has 0 spiro atoms. The molecule has 1 aliphatic rings. The van der Waals surface area contributed by atoms with Gasteiger partial charge in [0.1, 0.15) is 6.26 Å². The third kappa shape index (κ3) is 4.24. The molecule has 2 aromatic heterocycles. The zero-order valence-electron chi connectivity index (χ0n) is 14.1. The van der Waals surface area contributed by atoms with Gasteiger partial charge in [0.05, 0.1) is 5.69 Å². The van der Waals surface area contributed by atoms with Crippen LogP contribution in [0.25, 0.3) is 11.5 Å². The molecular weight excluding hydrogens is 371 g/mol. The molecule has 26 heavy (non-hydrogen) atoms. The van der Waals surface area contributed by atoms with E-state index in [0.29, 0.717) is 10.9 Å². The highest BCUT2D eigenvalue weighted by Gasteiger charge is 2.25. The van der Waals surface area contributed by atoms with E-state index in [0.717, 1.165) is 37.4 Å². The van der Waals surface area contributed by atoms with E-state index in [9.17, 15) is 0 Å². The Labute approximate surface area is 163 Å². The second kappa shape index (κ2) is 8.64. The first kappa shape index (κ1) is 18.9. The maximum atomic E-state index is 5.94. The quantitative estimate of drug-likeness (QED) is 0.730. The molecule has 4 rings (SSSR count). The second-order valence-electron chi connectivity index (χ2n) is 6.13. The van der Waals surface area contributed by atoms with Gasteiger partial charge >= 0.3 is 0 Å². The van der Waals surface area contributed by atoms with Gasteiger partial charge in [-0.2, -0.15) is 0 Å². The predicted molar refractivity (Wildman–Crippen MR) is 104 cm³/mol. The van der Waals surface area contributed by atoms with Gasteiger partial charge in [0, 0.05) is 55.2 Å². The van der Waals surface area contributed by atoms with Crippen molar-refractivity contribution in [1.82, 2.24) is 20.2 Å². The summed E-state index contributed by atoms with van der Waals surface area (Å²) >= 11 is 5.94. The number of halogens is 2. The van der Waals surface area contributed by atoms with E-state index in [1.54, 1.807) is 12.5 Å². The van der Waals surface area contributed by atoms with Crippen LogP contribution in [0.2, 0.25) is 5.02 Å². The Bertz CT molecular complexity index is 823. The average Bonchev–Trinajstić information content (AvgIpc) is 3.12. The lowest BCUT2D eigenvalue weighted by atomic mass is 10.1.